The first kappa shape index (κ1) is 11.9. The fraction of sp³-hybridized carbons (Fsp3) is 1.00. The van der Waals surface area contributed by atoms with Gasteiger partial charge in [0.25, 0.3) is 0 Å². The zero-order valence-corrected chi connectivity index (χ0v) is 9.25. The summed E-state index contributed by atoms with van der Waals surface area (Å²) < 4.78 is 5.01. The van der Waals surface area contributed by atoms with Gasteiger partial charge < -0.3 is 20.1 Å². The average Bonchev–Trinajstić information content (AvgIpc) is 2.63. The molecule has 0 aromatic rings. The molecule has 2 N–H and O–H groups in total. The van der Waals surface area contributed by atoms with E-state index in [-0.39, 0.29) is 12.1 Å². The molecule has 0 spiro atoms. The Bertz CT molecular complexity index is 160. The molecule has 14 heavy (non-hydrogen) atoms. The molecular formula is C10H22N2O2. The standard InChI is InChI=1S/C10H22N2O2/c1-11-10(9-13)4-6-12(8-10)5-3-7-14-2/h11,13H,3-9H2,1-2H3. The van der Waals surface area contributed by atoms with Crippen LogP contribution in [0.25, 0.3) is 0 Å². The molecule has 0 radical (unpaired) electrons. The van der Waals surface area contributed by atoms with Gasteiger partial charge in [0.05, 0.1) is 12.1 Å². The van der Waals surface area contributed by atoms with Crippen LogP contribution in [0.1, 0.15) is 12.8 Å². The van der Waals surface area contributed by atoms with Gasteiger partial charge in [0.2, 0.25) is 0 Å². The van der Waals surface area contributed by atoms with Crippen molar-refractivity contribution in [2.24, 2.45) is 0 Å². The zero-order valence-electron chi connectivity index (χ0n) is 9.25. The molecule has 0 amide bonds. The molecule has 1 rings (SSSR count). The molecule has 1 heterocycles. The quantitative estimate of drug-likeness (QED) is 0.579. The number of aliphatic hydroxyl groups excluding tert-OH is 1. The van der Waals surface area contributed by atoms with E-state index in [0.29, 0.717) is 0 Å². The number of rotatable bonds is 6. The third-order valence-electron chi connectivity index (χ3n) is 3.09. The number of aliphatic hydroxyl groups is 1. The van der Waals surface area contributed by atoms with E-state index in [1.54, 1.807) is 7.11 Å². The van der Waals surface area contributed by atoms with Gasteiger partial charge in [-0.05, 0) is 19.9 Å². The topological polar surface area (TPSA) is 44.7 Å². The van der Waals surface area contributed by atoms with Crippen molar-refractivity contribution < 1.29 is 9.84 Å². The maximum Gasteiger partial charge on any atom is 0.0626 e. The van der Waals surface area contributed by atoms with Crippen LogP contribution in [0.15, 0.2) is 0 Å². The SMILES string of the molecule is CNC1(CO)CCN(CCCOC)C1. The highest BCUT2D eigenvalue weighted by Crippen LogP contribution is 2.20. The van der Waals surface area contributed by atoms with Gasteiger partial charge in [0.1, 0.15) is 0 Å². The molecule has 0 aromatic heterocycles. The Balaban J connectivity index is 2.25. The largest absolute Gasteiger partial charge is 0.394 e. The van der Waals surface area contributed by atoms with Crippen molar-refractivity contribution in [2.75, 3.05) is 47.0 Å². The Morgan fingerprint density at radius 3 is 2.86 bits per heavy atom. The summed E-state index contributed by atoms with van der Waals surface area (Å²) in [7, 11) is 3.66. The van der Waals surface area contributed by atoms with E-state index in [9.17, 15) is 5.11 Å². The summed E-state index contributed by atoms with van der Waals surface area (Å²) in [5, 5.41) is 12.5. The van der Waals surface area contributed by atoms with Crippen molar-refractivity contribution in [3.05, 3.63) is 0 Å². The summed E-state index contributed by atoms with van der Waals surface area (Å²) in [6.45, 7) is 4.14. The highest BCUT2D eigenvalue weighted by atomic mass is 16.5. The van der Waals surface area contributed by atoms with Crippen molar-refractivity contribution >= 4 is 0 Å². The van der Waals surface area contributed by atoms with Gasteiger partial charge in [-0.2, -0.15) is 0 Å². The van der Waals surface area contributed by atoms with Crippen molar-refractivity contribution in [2.45, 2.75) is 18.4 Å². The summed E-state index contributed by atoms with van der Waals surface area (Å²) in [4.78, 5) is 2.38. The lowest BCUT2D eigenvalue weighted by molar-refractivity contribution is 0.156. The minimum absolute atomic E-state index is 0.0624. The van der Waals surface area contributed by atoms with Gasteiger partial charge >= 0.3 is 0 Å². The number of likely N-dealkylation sites (tertiary alicyclic amines) is 1. The minimum atomic E-state index is -0.0624. The molecule has 0 aliphatic carbocycles. The van der Waals surface area contributed by atoms with Gasteiger partial charge in [0.15, 0.2) is 0 Å². The van der Waals surface area contributed by atoms with Gasteiger partial charge in [-0.3, -0.25) is 0 Å². The van der Waals surface area contributed by atoms with E-state index in [2.05, 4.69) is 10.2 Å². The first-order valence-corrected chi connectivity index (χ1v) is 5.27. The lowest BCUT2D eigenvalue weighted by Crippen LogP contribution is -2.48. The predicted octanol–water partition coefficient (Wildman–Crippen LogP) is -0.321. The van der Waals surface area contributed by atoms with Crippen LogP contribution in [0.3, 0.4) is 0 Å². The number of hydrogen-bond donors (Lipinski definition) is 2. The minimum Gasteiger partial charge on any atom is -0.394 e. The first-order valence-electron chi connectivity index (χ1n) is 5.27. The van der Waals surface area contributed by atoms with Crippen LogP contribution in [0.2, 0.25) is 0 Å². The Morgan fingerprint density at radius 1 is 1.57 bits per heavy atom. The van der Waals surface area contributed by atoms with E-state index < -0.39 is 0 Å². The molecule has 0 bridgehead atoms. The number of ether oxygens (including phenoxy) is 1. The van der Waals surface area contributed by atoms with E-state index in [4.69, 9.17) is 4.74 Å². The maximum absolute atomic E-state index is 9.29. The second kappa shape index (κ2) is 5.66. The Morgan fingerprint density at radius 2 is 2.36 bits per heavy atom. The molecular weight excluding hydrogens is 180 g/mol. The molecule has 84 valence electrons. The van der Waals surface area contributed by atoms with Gasteiger partial charge in [-0.1, -0.05) is 0 Å². The van der Waals surface area contributed by atoms with Gasteiger partial charge in [-0.25, -0.2) is 0 Å². The second-order valence-electron chi connectivity index (χ2n) is 4.06. The highest BCUT2D eigenvalue weighted by Gasteiger charge is 2.35. The van der Waals surface area contributed by atoms with Crippen molar-refractivity contribution in [1.29, 1.82) is 0 Å². The van der Waals surface area contributed by atoms with Gasteiger partial charge in [-0.15, -0.1) is 0 Å². The molecule has 1 unspecified atom stereocenters. The van der Waals surface area contributed by atoms with Crippen LogP contribution in [-0.4, -0.2) is 62.6 Å². The summed E-state index contributed by atoms with van der Waals surface area (Å²) in [5.41, 5.74) is -0.0624. The molecule has 1 saturated heterocycles. The third kappa shape index (κ3) is 2.92. The highest BCUT2D eigenvalue weighted by molar-refractivity contribution is 4.95. The van der Waals surface area contributed by atoms with E-state index >= 15 is 0 Å². The maximum atomic E-state index is 9.29. The normalized spacial score (nSPS) is 28.5. The fourth-order valence-corrected chi connectivity index (χ4v) is 1.99. The van der Waals surface area contributed by atoms with Crippen LogP contribution in [0, 0.1) is 0 Å². The first-order chi connectivity index (χ1) is 6.76. The van der Waals surface area contributed by atoms with E-state index in [0.717, 1.165) is 39.1 Å². The van der Waals surface area contributed by atoms with Crippen molar-refractivity contribution in [3.8, 4) is 0 Å². The Kier molecular flexibility index (Phi) is 4.81. The van der Waals surface area contributed by atoms with E-state index in [1.165, 1.54) is 0 Å². The monoisotopic (exact) mass is 202 g/mol. The van der Waals surface area contributed by atoms with Crippen LogP contribution in [0.4, 0.5) is 0 Å². The number of nitrogens with zero attached hydrogens (tertiary/aromatic N) is 1. The molecule has 1 fully saturated rings. The second-order valence-corrected chi connectivity index (χ2v) is 4.06. The fourth-order valence-electron chi connectivity index (χ4n) is 1.99. The van der Waals surface area contributed by atoms with Gasteiger partial charge in [0, 0.05) is 33.4 Å². The summed E-state index contributed by atoms with van der Waals surface area (Å²) in [6, 6.07) is 0. The molecule has 4 nitrogen and oxygen atoms in total. The van der Waals surface area contributed by atoms with Crippen LogP contribution < -0.4 is 5.32 Å². The molecule has 1 aliphatic rings. The molecule has 1 aliphatic heterocycles. The van der Waals surface area contributed by atoms with Crippen LogP contribution in [-0.2, 0) is 4.74 Å². The summed E-state index contributed by atoms with van der Waals surface area (Å²) >= 11 is 0. The Hall–Kier alpha value is -0.160. The molecule has 0 saturated carbocycles. The predicted molar refractivity (Wildman–Crippen MR) is 56.4 cm³/mol. The van der Waals surface area contributed by atoms with Crippen LogP contribution >= 0.6 is 0 Å². The summed E-state index contributed by atoms with van der Waals surface area (Å²) in [6.07, 6.45) is 2.11. The lowest BCUT2D eigenvalue weighted by Gasteiger charge is -2.26. The van der Waals surface area contributed by atoms with Crippen LogP contribution in [0.5, 0.6) is 0 Å². The third-order valence-corrected chi connectivity index (χ3v) is 3.09. The number of likely N-dealkylation sites (N-methyl/N-ethyl adjacent to an activating group) is 1. The number of methoxy groups -OCH3 is 1. The summed E-state index contributed by atoms with van der Waals surface area (Å²) in [5.74, 6) is 0. The van der Waals surface area contributed by atoms with Crippen molar-refractivity contribution in [1.82, 2.24) is 10.2 Å². The smallest absolute Gasteiger partial charge is 0.0626 e. The molecule has 1 atom stereocenters. The lowest BCUT2D eigenvalue weighted by atomic mass is 10.0. The molecule has 0 aromatic carbocycles. The zero-order chi connectivity index (χ0) is 10.4. The Labute approximate surface area is 86.2 Å². The number of hydrogen-bond acceptors (Lipinski definition) is 4. The van der Waals surface area contributed by atoms with Crippen molar-refractivity contribution in [3.63, 3.8) is 0 Å². The average molecular weight is 202 g/mol. The number of nitrogens with one attached hydrogen (secondary N) is 1. The van der Waals surface area contributed by atoms with E-state index in [1.807, 2.05) is 7.05 Å². The molecule has 4 heteroatoms.